The number of amides is 1. The van der Waals surface area contributed by atoms with Gasteiger partial charge in [-0.15, -0.1) is 0 Å². The summed E-state index contributed by atoms with van der Waals surface area (Å²) in [6.45, 7) is 4.17. The summed E-state index contributed by atoms with van der Waals surface area (Å²) in [4.78, 5) is 10.9. The van der Waals surface area contributed by atoms with E-state index in [2.05, 4.69) is 43.1 Å². The average Bonchev–Trinajstić information content (AvgIpc) is 2.59. The van der Waals surface area contributed by atoms with Crippen molar-refractivity contribution in [1.82, 2.24) is 5.32 Å². The third-order valence-electron chi connectivity index (χ3n) is 4.10. The first-order valence-electron chi connectivity index (χ1n) is 7.63. The molecule has 2 heteroatoms. The molecule has 0 radical (unpaired) electrons. The van der Waals surface area contributed by atoms with Crippen LogP contribution in [-0.4, -0.2) is 6.41 Å². The van der Waals surface area contributed by atoms with Crippen molar-refractivity contribution in [1.29, 1.82) is 0 Å². The maximum Gasteiger partial charge on any atom is 0.207 e. The monoisotopic (exact) mass is 291 g/mol. The lowest BCUT2D eigenvalue weighted by atomic mass is 9.84. The van der Waals surface area contributed by atoms with Gasteiger partial charge in [0, 0.05) is 11.1 Å². The van der Waals surface area contributed by atoms with Crippen LogP contribution in [0.15, 0.2) is 54.6 Å². The zero-order chi connectivity index (χ0) is 15.8. The normalized spacial score (nSPS) is 10.5. The Morgan fingerprint density at radius 2 is 1.45 bits per heavy atom. The Labute approximate surface area is 132 Å². The molecule has 2 aromatic carbocycles. The number of rotatable bonds is 5. The van der Waals surface area contributed by atoms with Crippen LogP contribution in [0.5, 0.6) is 0 Å². The van der Waals surface area contributed by atoms with E-state index >= 15 is 0 Å². The van der Waals surface area contributed by atoms with E-state index in [1.54, 1.807) is 0 Å². The Morgan fingerprint density at radius 1 is 0.909 bits per heavy atom. The van der Waals surface area contributed by atoms with E-state index in [1.165, 1.54) is 0 Å². The number of carbonyl (C=O) groups is 1. The van der Waals surface area contributed by atoms with Crippen molar-refractivity contribution in [3.05, 3.63) is 71.3 Å². The van der Waals surface area contributed by atoms with Crippen LogP contribution in [0, 0.1) is 11.8 Å². The highest BCUT2D eigenvalue weighted by atomic mass is 16.1. The van der Waals surface area contributed by atoms with Gasteiger partial charge in [-0.3, -0.25) is 4.79 Å². The van der Waals surface area contributed by atoms with Gasteiger partial charge in [0.05, 0.1) is 5.54 Å². The predicted octanol–water partition coefficient (Wildman–Crippen LogP) is 3.85. The highest BCUT2D eigenvalue weighted by Crippen LogP contribution is 2.28. The van der Waals surface area contributed by atoms with Crippen molar-refractivity contribution in [3.8, 4) is 11.8 Å². The second-order valence-corrected chi connectivity index (χ2v) is 5.24. The molecule has 2 aromatic rings. The molecular formula is C20H21NO. The molecule has 0 aliphatic heterocycles. The minimum absolute atomic E-state index is 0.285. The zero-order valence-electron chi connectivity index (χ0n) is 13.1. The molecule has 0 saturated carbocycles. The van der Waals surface area contributed by atoms with Gasteiger partial charge in [-0.1, -0.05) is 56.0 Å². The molecule has 0 unspecified atom stereocenters. The summed E-state index contributed by atoms with van der Waals surface area (Å²) >= 11 is 0. The largest absolute Gasteiger partial charge is 0.349 e. The van der Waals surface area contributed by atoms with Crippen LogP contribution in [0.4, 0.5) is 0 Å². The Bertz CT molecular complexity index is 658. The maximum atomic E-state index is 10.9. The van der Waals surface area contributed by atoms with Gasteiger partial charge < -0.3 is 5.32 Å². The summed E-state index contributed by atoms with van der Waals surface area (Å²) in [6, 6.07) is 18.1. The van der Waals surface area contributed by atoms with Crippen molar-refractivity contribution >= 4 is 6.41 Å². The molecule has 1 N–H and O–H groups in total. The number of benzene rings is 2. The summed E-state index contributed by atoms with van der Waals surface area (Å²) in [7, 11) is 0. The molecule has 0 fully saturated rings. The fourth-order valence-electron chi connectivity index (χ4n) is 2.60. The molecule has 0 aromatic heterocycles. The Kier molecular flexibility index (Phi) is 5.38. The second-order valence-electron chi connectivity index (χ2n) is 5.24. The summed E-state index contributed by atoms with van der Waals surface area (Å²) in [5.41, 5.74) is 2.81. The number of carbonyl (C=O) groups excluding carboxylic acids is 1. The van der Waals surface area contributed by atoms with Crippen LogP contribution in [0.1, 0.15) is 43.4 Å². The van der Waals surface area contributed by atoms with E-state index in [0.29, 0.717) is 0 Å². The Morgan fingerprint density at radius 3 is 1.95 bits per heavy atom. The van der Waals surface area contributed by atoms with Gasteiger partial charge in [-0.05, 0) is 42.7 Å². The smallest absolute Gasteiger partial charge is 0.207 e. The van der Waals surface area contributed by atoms with Gasteiger partial charge in [0.25, 0.3) is 0 Å². The lowest BCUT2D eigenvalue weighted by Crippen LogP contribution is -2.40. The second kappa shape index (κ2) is 7.47. The highest BCUT2D eigenvalue weighted by Gasteiger charge is 2.27. The minimum Gasteiger partial charge on any atom is -0.349 e. The summed E-state index contributed by atoms with van der Waals surface area (Å²) < 4.78 is 0. The lowest BCUT2D eigenvalue weighted by molar-refractivity contribution is -0.111. The number of hydrogen-bond acceptors (Lipinski definition) is 1. The molecule has 0 heterocycles. The van der Waals surface area contributed by atoms with E-state index < -0.39 is 0 Å². The van der Waals surface area contributed by atoms with E-state index in [0.717, 1.165) is 35.9 Å². The van der Waals surface area contributed by atoms with Gasteiger partial charge in [0.15, 0.2) is 0 Å². The average molecular weight is 291 g/mol. The van der Waals surface area contributed by atoms with Crippen molar-refractivity contribution in [2.24, 2.45) is 0 Å². The van der Waals surface area contributed by atoms with E-state index in [1.807, 2.05) is 42.5 Å². The Balaban J connectivity index is 2.23. The van der Waals surface area contributed by atoms with Gasteiger partial charge in [0.2, 0.25) is 6.41 Å². The molecule has 0 saturated heterocycles. The van der Waals surface area contributed by atoms with Gasteiger partial charge in [0.1, 0.15) is 0 Å². The molecule has 0 aliphatic rings. The first-order valence-corrected chi connectivity index (χ1v) is 7.63. The predicted molar refractivity (Wildman–Crippen MR) is 90.3 cm³/mol. The van der Waals surface area contributed by atoms with Crippen LogP contribution in [0.2, 0.25) is 0 Å². The topological polar surface area (TPSA) is 29.1 Å². The number of hydrogen-bond donors (Lipinski definition) is 1. The molecule has 0 spiro atoms. The van der Waals surface area contributed by atoms with Gasteiger partial charge in [-0.25, -0.2) is 0 Å². The third-order valence-corrected chi connectivity index (χ3v) is 4.10. The summed E-state index contributed by atoms with van der Waals surface area (Å²) in [6.07, 6.45) is 2.50. The molecule has 22 heavy (non-hydrogen) atoms. The Hall–Kier alpha value is -2.53. The highest BCUT2D eigenvalue weighted by molar-refractivity contribution is 5.50. The van der Waals surface area contributed by atoms with Crippen molar-refractivity contribution in [3.63, 3.8) is 0 Å². The van der Waals surface area contributed by atoms with E-state index in [4.69, 9.17) is 0 Å². The fourth-order valence-corrected chi connectivity index (χ4v) is 2.60. The third kappa shape index (κ3) is 3.56. The molecule has 1 amide bonds. The van der Waals surface area contributed by atoms with Crippen LogP contribution < -0.4 is 5.32 Å². The van der Waals surface area contributed by atoms with Gasteiger partial charge in [-0.2, -0.15) is 0 Å². The zero-order valence-corrected chi connectivity index (χ0v) is 13.1. The van der Waals surface area contributed by atoms with Crippen LogP contribution in [0.25, 0.3) is 0 Å². The van der Waals surface area contributed by atoms with Crippen LogP contribution >= 0.6 is 0 Å². The molecule has 0 atom stereocenters. The summed E-state index contributed by atoms with van der Waals surface area (Å²) in [5, 5.41) is 2.97. The molecular weight excluding hydrogens is 270 g/mol. The molecule has 112 valence electrons. The van der Waals surface area contributed by atoms with E-state index in [-0.39, 0.29) is 5.54 Å². The van der Waals surface area contributed by atoms with Crippen molar-refractivity contribution < 1.29 is 4.79 Å². The first-order chi connectivity index (χ1) is 10.7. The molecule has 0 bridgehead atoms. The van der Waals surface area contributed by atoms with Gasteiger partial charge >= 0.3 is 0 Å². The quantitative estimate of drug-likeness (QED) is 0.658. The number of nitrogens with one attached hydrogen (secondary N) is 1. The van der Waals surface area contributed by atoms with E-state index in [9.17, 15) is 4.79 Å². The standard InChI is InChI=1S/C20H21NO/c1-3-20(4-2,21-16-22)19-14-12-18(13-15-19)11-10-17-8-6-5-7-9-17/h5-9,12-16H,3-4H2,1-2H3,(H,21,22). The maximum absolute atomic E-state index is 10.9. The minimum atomic E-state index is -0.285. The summed E-state index contributed by atoms with van der Waals surface area (Å²) in [5.74, 6) is 6.32. The molecule has 0 aliphatic carbocycles. The van der Waals surface area contributed by atoms with Crippen molar-refractivity contribution in [2.75, 3.05) is 0 Å². The lowest BCUT2D eigenvalue weighted by Gasteiger charge is -2.31. The SMILES string of the molecule is CCC(CC)(NC=O)c1ccc(C#Cc2ccccc2)cc1. The van der Waals surface area contributed by atoms with Crippen LogP contribution in [0.3, 0.4) is 0 Å². The first kappa shape index (κ1) is 15.9. The van der Waals surface area contributed by atoms with Crippen molar-refractivity contribution in [2.45, 2.75) is 32.2 Å². The van der Waals surface area contributed by atoms with Crippen LogP contribution in [-0.2, 0) is 10.3 Å². The fraction of sp³-hybridized carbons (Fsp3) is 0.250. The molecule has 2 rings (SSSR count). The molecule has 2 nitrogen and oxygen atoms in total.